The van der Waals surface area contributed by atoms with E-state index in [1.165, 1.54) is 9.80 Å². The topological polar surface area (TPSA) is 167 Å². The molecule has 2 aliphatic heterocycles. The molecule has 4 amide bonds. The molecule has 0 fully saturated rings. The van der Waals surface area contributed by atoms with Gasteiger partial charge in [0.15, 0.2) is 0 Å². The van der Waals surface area contributed by atoms with Gasteiger partial charge in [0.05, 0.1) is 28.4 Å². The van der Waals surface area contributed by atoms with Crippen LogP contribution in [0, 0.1) is 0 Å². The smallest absolute Gasteiger partial charge is 0.261 e. The number of unbranched alkanes of at least 4 members (excludes halogenated alkanes) is 1. The highest BCUT2D eigenvalue weighted by molar-refractivity contribution is 7.85. The first-order chi connectivity index (χ1) is 24.5. The first kappa shape index (κ1) is 33.8. The van der Waals surface area contributed by atoms with Crippen LogP contribution in [-0.4, -0.2) is 88.8 Å². The van der Waals surface area contributed by atoms with Gasteiger partial charge in [-0.05, 0) is 79.5 Å². The minimum atomic E-state index is -3.67. The first-order valence-electron chi connectivity index (χ1n) is 16.5. The maximum absolute atomic E-state index is 13.5. The summed E-state index contributed by atoms with van der Waals surface area (Å²) in [5.41, 5.74) is 3.56. The van der Waals surface area contributed by atoms with Crippen molar-refractivity contribution in [2.24, 2.45) is 0 Å². The number of imide groups is 2. The van der Waals surface area contributed by atoms with Gasteiger partial charge in [0.25, 0.3) is 33.7 Å². The number of pyridine rings is 2. The molecule has 0 atom stereocenters. The summed E-state index contributed by atoms with van der Waals surface area (Å²) in [6.45, 7) is 1.91. The summed E-state index contributed by atoms with van der Waals surface area (Å²) in [6.07, 6.45) is 6.12. The van der Waals surface area contributed by atoms with Crippen molar-refractivity contribution in [3.8, 4) is 0 Å². The van der Waals surface area contributed by atoms with Gasteiger partial charge in [0.2, 0.25) is 0 Å². The number of hydrogen-bond donors (Lipinski definition) is 2. The number of carbonyl (C=O) groups excluding carboxylic acids is 4. The molecule has 0 spiro atoms. The molecule has 0 radical (unpaired) electrons. The van der Waals surface area contributed by atoms with Crippen LogP contribution in [-0.2, 0) is 10.1 Å². The number of amides is 4. The molecule has 4 heterocycles. The molecule has 13 heteroatoms. The second-order valence-electron chi connectivity index (χ2n) is 12.5. The first-order valence-corrected chi connectivity index (χ1v) is 18.3. The molecule has 0 aliphatic carbocycles. The van der Waals surface area contributed by atoms with Gasteiger partial charge in [-0.15, -0.1) is 0 Å². The summed E-state index contributed by atoms with van der Waals surface area (Å²) in [4.78, 5) is 65.2. The highest BCUT2D eigenvalue weighted by Crippen LogP contribution is 2.36. The van der Waals surface area contributed by atoms with Crippen LogP contribution in [0.2, 0.25) is 0 Å². The zero-order valence-electron chi connectivity index (χ0n) is 27.6. The van der Waals surface area contributed by atoms with Crippen molar-refractivity contribution < 1.29 is 32.1 Å². The zero-order valence-corrected chi connectivity index (χ0v) is 28.4. The number of aromatic nitrogens is 2. The number of carbonyl (C=O) groups is 4. The van der Waals surface area contributed by atoms with Crippen molar-refractivity contribution >= 4 is 77.1 Å². The third-order valence-corrected chi connectivity index (χ3v) is 9.11. The molecule has 2 N–H and O–H groups in total. The lowest BCUT2D eigenvalue weighted by atomic mass is 9.91. The monoisotopic (exact) mass is 703 g/mol. The van der Waals surface area contributed by atoms with Crippen molar-refractivity contribution in [1.29, 1.82) is 0 Å². The molecule has 0 saturated heterocycles. The minimum absolute atomic E-state index is 0.267. The Morgan fingerprint density at radius 2 is 1.00 bits per heavy atom. The second-order valence-corrected chi connectivity index (χ2v) is 14.0. The van der Waals surface area contributed by atoms with Crippen LogP contribution in [0.1, 0.15) is 60.7 Å². The van der Waals surface area contributed by atoms with Crippen LogP contribution in [0.4, 0.5) is 0 Å². The van der Waals surface area contributed by atoms with Crippen molar-refractivity contribution in [1.82, 2.24) is 25.1 Å². The van der Waals surface area contributed by atoms with Crippen LogP contribution in [0.3, 0.4) is 0 Å². The van der Waals surface area contributed by atoms with Crippen molar-refractivity contribution in [2.45, 2.75) is 19.3 Å². The zero-order chi connectivity index (χ0) is 35.9. The van der Waals surface area contributed by atoms with Gasteiger partial charge < -0.3 is 5.32 Å². The number of hydrogen-bond acceptors (Lipinski definition) is 9. The van der Waals surface area contributed by atoms with Crippen LogP contribution < -0.4 is 5.32 Å². The van der Waals surface area contributed by atoms with Crippen LogP contribution in [0.25, 0.3) is 43.4 Å². The fourth-order valence-electron chi connectivity index (χ4n) is 6.95. The average molecular weight is 704 g/mol. The number of nitrogens with one attached hydrogen (secondary N) is 1. The number of rotatable bonds is 9. The molecule has 51 heavy (non-hydrogen) atoms. The summed E-state index contributed by atoms with van der Waals surface area (Å²) in [6, 6.07) is 22.3. The lowest BCUT2D eigenvalue weighted by Crippen LogP contribution is -2.41. The normalized spacial score (nSPS) is 14.2. The number of fused-ring (bicyclic) bond motifs is 4. The largest absolute Gasteiger partial charge is 0.317 e. The summed E-state index contributed by atoms with van der Waals surface area (Å²) in [7, 11) is -3.67. The number of benzene rings is 4. The summed E-state index contributed by atoms with van der Waals surface area (Å²) >= 11 is 0. The Morgan fingerprint density at radius 1 is 0.588 bits per heavy atom. The molecule has 6 aromatic rings. The fraction of sp³-hybridized carbons (Fsp3) is 0.211. The molecule has 258 valence electrons. The molecule has 0 unspecified atom stereocenters. The Balaban J connectivity index is 0.000000761. The average Bonchev–Trinajstić information content (AvgIpc) is 3.12. The SMILES string of the molecule is CS(=O)(=O)O.O=C1c2cccc3c2c(cc2ncccc23)C(=O)N1CCCCNCCCN1C(=O)c2cccc3c2c(cc2ncccc23)C1=O. The molecule has 0 saturated carbocycles. The van der Waals surface area contributed by atoms with Crippen molar-refractivity contribution in [3.05, 3.63) is 107 Å². The Hall–Kier alpha value is -5.63. The summed E-state index contributed by atoms with van der Waals surface area (Å²) < 4.78 is 25.9. The van der Waals surface area contributed by atoms with Crippen LogP contribution in [0.5, 0.6) is 0 Å². The maximum atomic E-state index is 13.5. The Bertz CT molecular complexity index is 2370. The van der Waals surface area contributed by atoms with Gasteiger partial charge in [0, 0.05) is 58.2 Å². The molecule has 2 aromatic heterocycles. The molecule has 8 rings (SSSR count). The van der Waals surface area contributed by atoms with E-state index in [1.54, 1.807) is 36.7 Å². The molecular formula is C38H33N5O7S. The predicted molar refractivity (Wildman–Crippen MR) is 193 cm³/mol. The number of nitrogens with zero attached hydrogens (tertiary/aromatic N) is 4. The van der Waals surface area contributed by atoms with Gasteiger partial charge >= 0.3 is 0 Å². The van der Waals surface area contributed by atoms with Gasteiger partial charge in [-0.1, -0.05) is 36.4 Å². The molecule has 12 nitrogen and oxygen atoms in total. The van der Waals surface area contributed by atoms with E-state index in [0.29, 0.717) is 78.3 Å². The molecular weight excluding hydrogens is 671 g/mol. The lowest BCUT2D eigenvalue weighted by molar-refractivity contribution is 0.0591. The van der Waals surface area contributed by atoms with E-state index in [-0.39, 0.29) is 23.6 Å². The minimum Gasteiger partial charge on any atom is -0.317 e. The highest BCUT2D eigenvalue weighted by Gasteiger charge is 2.34. The quantitative estimate of drug-likeness (QED) is 0.0879. The standard InChI is InChI=1S/C37H29N5O4.CH4O3S/c43-34-26-10-3-8-24-22-12-5-16-39-30(22)20-28(32(24)26)36(45)41(34)18-2-1-14-38-15-7-19-42-35(44)27-11-4-9-25-23-13-6-17-40-31(23)21-29(33(25)27)37(42)46;1-5(2,3)4/h3-6,8-13,16-17,20-21,38H,1-2,7,14-15,18-19H2;1H3,(H,2,3,4). The van der Waals surface area contributed by atoms with Gasteiger partial charge in [-0.2, -0.15) is 8.42 Å². The Morgan fingerprint density at radius 3 is 1.49 bits per heavy atom. The van der Waals surface area contributed by atoms with E-state index in [1.807, 2.05) is 48.5 Å². The van der Waals surface area contributed by atoms with E-state index in [2.05, 4.69) is 15.3 Å². The highest BCUT2D eigenvalue weighted by atomic mass is 32.2. The second kappa shape index (κ2) is 13.6. The van der Waals surface area contributed by atoms with Gasteiger partial charge in [-0.3, -0.25) is 43.5 Å². The molecule has 2 aliphatic rings. The van der Waals surface area contributed by atoms with Crippen molar-refractivity contribution in [3.63, 3.8) is 0 Å². The summed E-state index contributed by atoms with van der Waals surface area (Å²) in [5, 5.41) is 8.34. The molecule has 4 aromatic carbocycles. The van der Waals surface area contributed by atoms with E-state index in [4.69, 9.17) is 4.55 Å². The van der Waals surface area contributed by atoms with E-state index < -0.39 is 10.1 Å². The molecule has 0 bridgehead atoms. The van der Waals surface area contributed by atoms with E-state index in [9.17, 15) is 27.6 Å². The summed E-state index contributed by atoms with van der Waals surface area (Å²) in [5.74, 6) is -1.12. The fourth-order valence-corrected chi connectivity index (χ4v) is 6.95. The van der Waals surface area contributed by atoms with Crippen molar-refractivity contribution in [2.75, 3.05) is 32.4 Å². The lowest BCUT2D eigenvalue weighted by Gasteiger charge is -2.28. The van der Waals surface area contributed by atoms with Crippen LogP contribution in [0.15, 0.2) is 85.2 Å². The Kier molecular flexibility index (Phi) is 9.02. The Labute approximate surface area is 292 Å². The third kappa shape index (κ3) is 6.42. The van der Waals surface area contributed by atoms with E-state index in [0.717, 1.165) is 39.0 Å². The third-order valence-electron chi connectivity index (χ3n) is 9.11. The maximum Gasteiger partial charge on any atom is 0.261 e. The predicted octanol–water partition coefficient (Wildman–Crippen LogP) is 5.25. The van der Waals surface area contributed by atoms with Gasteiger partial charge in [-0.25, -0.2) is 0 Å². The van der Waals surface area contributed by atoms with E-state index >= 15 is 0 Å². The van der Waals surface area contributed by atoms with Gasteiger partial charge in [0.1, 0.15) is 0 Å². The van der Waals surface area contributed by atoms with Crippen LogP contribution >= 0.6 is 0 Å².